The van der Waals surface area contributed by atoms with Gasteiger partial charge in [-0.05, 0) is 31.5 Å². The molecule has 1 amide bonds. The number of rotatable bonds is 7. The third kappa shape index (κ3) is 5.18. The van der Waals surface area contributed by atoms with Crippen LogP contribution >= 0.6 is 0 Å². The van der Waals surface area contributed by atoms with Crippen LogP contribution in [0.4, 0.5) is 0 Å². The van der Waals surface area contributed by atoms with Crippen LogP contribution in [0.25, 0.3) is 0 Å². The number of sulfone groups is 1. The van der Waals surface area contributed by atoms with Crippen LogP contribution < -0.4 is 0 Å². The Morgan fingerprint density at radius 1 is 1.10 bits per heavy atom. The first kappa shape index (κ1) is 17.2. The predicted molar refractivity (Wildman–Crippen MR) is 78.8 cm³/mol. The van der Waals surface area contributed by atoms with Gasteiger partial charge in [0.05, 0.1) is 11.3 Å². The van der Waals surface area contributed by atoms with Gasteiger partial charge in [-0.25, -0.2) is 13.2 Å². The quantitative estimate of drug-likeness (QED) is 0.816. The number of carbonyl (C=O) groups is 2. The zero-order valence-corrected chi connectivity index (χ0v) is 12.9. The molecule has 1 N–H and O–H groups in total. The molecule has 0 aliphatic carbocycles. The van der Waals surface area contributed by atoms with Gasteiger partial charge in [0.1, 0.15) is 5.75 Å². The van der Waals surface area contributed by atoms with Crippen LogP contribution in [-0.4, -0.2) is 49.1 Å². The van der Waals surface area contributed by atoms with Crippen molar-refractivity contribution in [2.45, 2.75) is 19.6 Å². The molecule has 0 aliphatic rings. The van der Waals surface area contributed by atoms with Gasteiger partial charge in [-0.3, -0.25) is 4.79 Å². The van der Waals surface area contributed by atoms with E-state index in [1.54, 1.807) is 13.8 Å². The van der Waals surface area contributed by atoms with Gasteiger partial charge in [0.15, 0.2) is 9.84 Å². The van der Waals surface area contributed by atoms with Gasteiger partial charge in [0.2, 0.25) is 5.91 Å². The molecule has 0 bridgehead atoms. The van der Waals surface area contributed by atoms with Crippen molar-refractivity contribution in [3.05, 3.63) is 35.4 Å². The first-order valence-electron chi connectivity index (χ1n) is 6.59. The average Bonchev–Trinajstić information content (AvgIpc) is 2.39. The molecule has 0 aromatic heterocycles. The Bertz CT molecular complexity index is 603. The Balaban J connectivity index is 2.76. The third-order valence-corrected chi connectivity index (χ3v) is 4.51. The summed E-state index contributed by atoms with van der Waals surface area (Å²) in [5.41, 5.74) is 0.558. The highest BCUT2D eigenvalue weighted by atomic mass is 32.2. The van der Waals surface area contributed by atoms with Crippen molar-refractivity contribution in [3.63, 3.8) is 0 Å². The first-order chi connectivity index (χ1) is 9.79. The Hall–Kier alpha value is -1.89. The smallest absolute Gasteiger partial charge is 0.335 e. The lowest BCUT2D eigenvalue weighted by atomic mass is 10.1. The Labute approximate surface area is 124 Å². The summed E-state index contributed by atoms with van der Waals surface area (Å²) >= 11 is 0. The number of hydrogen-bond donors (Lipinski definition) is 1. The number of benzene rings is 1. The number of nitrogens with zero attached hydrogens (tertiary/aromatic N) is 1. The summed E-state index contributed by atoms with van der Waals surface area (Å²) in [7, 11) is -3.57. The van der Waals surface area contributed by atoms with Crippen molar-refractivity contribution < 1.29 is 23.1 Å². The summed E-state index contributed by atoms with van der Waals surface area (Å²) in [4.78, 5) is 24.0. The van der Waals surface area contributed by atoms with E-state index in [-0.39, 0.29) is 11.3 Å². The monoisotopic (exact) mass is 313 g/mol. The predicted octanol–water partition coefficient (Wildman–Crippen LogP) is 1.17. The number of carboxylic acids is 1. The number of carboxylic acid groups (broad SMARTS) is 1. The molecule has 0 radical (unpaired) electrons. The highest BCUT2D eigenvalue weighted by Crippen LogP contribution is 2.10. The maximum atomic E-state index is 12.0. The van der Waals surface area contributed by atoms with Crippen molar-refractivity contribution in [2.75, 3.05) is 18.8 Å². The molecule has 0 heterocycles. The van der Waals surface area contributed by atoms with Crippen molar-refractivity contribution in [2.24, 2.45) is 0 Å². The topological polar surface area (TPSA) is 91.8 Å². The molecule has 0 aliphatic heterocycles. The fourth-order valence-electron chi connectivity index (χ4n) is 1.90. The molecular formula is C14H19NO5S. The van der Waals surface area contributed by atoms with Crippen LogP contribution in [0.1, 0.15) is 29.8 Å². The van der Waals surface area contributed by atoms with E-state index in [1.165, 1.54) is 29.2 Å². The molecule has 0 atom stereocenters. The molecular weight excluding hydrogens is 294 g/mol. The molecule has 0 saturated heterocycles. The minimum atomic E-state index is -3.57. The summed E-state index contributed by atoms with van der Waals surface area (Å²) in [6.07, 6.45) is 0. The fourth-order valence-corrected chi connectivity index (χ4v) is 3.27. The third-order valence-electron chi connectivity index (χ3n) is 3.05. The van der Waals surface area contributed by atoms with Gasteiger partial charge in [-0.1, -0.05) is 12.1 Å². The van der Waals surface area contributed by atoms with E-state index in [0.29, 0.717) is 18.7 Å². The Morgan fingerprint density at radius 2 is 1.62 bits per heavy atom. The van der Waals surface area contributed by atoms with Gasteiger partial charge in [-0.2, -0.15) is 0 Å². The van der Waals surface area contributed by atoms with Crippen LogP contribution in [0, 0.1) is 0 Å². The zero-order chi connectivity index (χ0) is 16.0. The highest BCUT2D eigenvalue weighted by Gasteiger charge is 2.20. The lowest BCUT2D eigenvalue weighted by molar-refractivity contribution is -0.128. The molecule has 0 fully saturated rings. The van der Waals surface area contributed by atoms with Crippen molar-refractivity contribution in [1.82, 2.24) is 4.90 Å². The standard InChI is InChI=1S/C14H19NO5S/c1-3-15(4-2)13(16)10-21(19,20)9-11-5-7-12(8-6-11)14(17)18/h5-8H,3-4,9-10H2,1-2H3,(H,17,18). The van der Waals surface area contributed by atoms with Gasteiger partial charge in [-0.15, -0.1) is 0 Å². The van der Waals surface area contributed by atoms with Gasteiger partial charge >= 0.3 is 5.97 Å². The minimum Gasteiger partial charge on any atom is -0.478 e. The molecule has 1 aromatic rings. The average molecular weight is 313 g/mol. The van der Waals surface area contributed by atoms with E-state index in [2.05, 4.69) is 0 Å². The summed E-state index contributed by atoms with van der Waals surface area (Å²) in [6, 6.07) is 5.59. The lowest BCUT2D eigenvalue weighted by Crippen LogP contribution is -2.35. The SMILES string of the molecule is CCN(CC)C(=O)CS(=O)(=O)Cc1ccc(C(=O)O)cc1. The van der Waals surface area contributed by atoms with E-state index in [1.807, 2.05) is 0 Å². The van der Waals surface area contributed by atoms with Crippen LogP contribution in [0.5, 0.6) is 0 Å². The van der Waals surface area contributed by atoms with E-state index in [0.717, 1.165) is 0 Å². The second-order valence-corrected chi connectivity index (χ2v) is 6.66. The summed E-state index contributed by atoms with van der Waals surface area (Å²) in [5.74, 6) is -2.29. The Kier molecular flexibility index (Phi) is 5.90. The van der Waals surface area contributed by atoms with Crippen LogP contribution in [0.3, 0.4) is 0 Å². The largest absolute Gasteiger partial charge is 0.478 e. The van der Waals surface area contributed by atoms with Gasteiger partial charge in [0, 0.05) is 13.1 Å². The normalized spacial score (nSPS) is 11.1. The molecule has 6 nitrogen and oxygen atoms in total. The highest BCUT2D eigenvalue weighted by molar-refractivity contribution is 7.91. The number of amides is 1. The molecule has 21 heavy (non-hydrogen) atoms. The van der Waals surface area contributed by atoms with Gasteiger partial charge in [0.25, 0.3) is 0 Å². The van der Waals surface area contributed by atoms with E-state index < -0.39 is 27.5 Å². The van der Waals surface area contributed by atoms with Gasteiger partial charge < -0.3 is 10.0 Å². The van der Waals surface area contributed by atoms with Crippen LogP contribution in [0.15, 0.2) is 24.3 Å². The molecule has 1 rings (SSSR count). The number of aromatic carboxylic acids is 1. The Morgan fingerprint density at radius 3 is 2.05 bits per heavy atom. The van der Waals surface area contributed by atoms with Crippen LogP contribution in [0.2, 0.25) is 0 Å². The molecule has 0 spiro atoms. The minimum absolute atomic E-state index is 0.0929. The maximum absolute atomic E-state index is 12.0. The summed E-state index contributed by atoms with van der Waals surface area (Å²) < 4.78 is 24.0. The summed E-state index contributed by atoms with van der Waals surface area (Å²) in [6.45, 7) is 4.52. The maximum Gasteiger partial charge on any atom is 0.335 e. The van der Waals surface area contributed by atoms with E-state index >= 15 is 0 Å². The van der Waals surface area contributed by atoms with E-state index in [9.17, 15) is 18.0 Å². The van der Waals surface area contributed by atoms with Crippen LogP contribution in [-0.2, 0) is 20.4 Å². The second-order valence-electron chi connectivity index (χ2n) is 4.60. The fraction of sp³-hybridized carbons (Fsp3) is 0.429. The molecule has 116 valence electrons. The first-order valence-corrected chi connectivity index (χ1v) is 8.41. The molecule has 0 unspecified atom stereocenters. The second kappa shape index (κ2) is 7.21. The van der Waals surface area contributed by atoms with E-state index in [4.69, 9.17) is 5.11 Å². The molecule has 0 saturated carbocycles. The lowest BCUT2D eigenvalue weighted by Gasteiger charge is -2.18. The van der Waals surface area contributed by atoms with Crippen molar-refractivity contribution in [3.8, 4) is 0 Å². The van der Waals surface area contributed by atoms with Crippen molar-refractivity contribution in [1.29, 1.82) is 0 Å². The number of carbonyl (C=O) groups excluding carboxylic acids is 1. The zero-order valence-electron chi connectivity index (χ0n) is 12.1. The number of hydrogen-bond acceptors (Lipinski definition) is 4. The molecule has 1 aromatic carbocycles. The molecule has 7 heteroatoms. The van der Waals surface area contributed by atoms with Crippen molar-refractivity contribution >= 4 is 21.7 Å². The summed E-state index contributed by atoms with van der Waals surface area (Å²) in [5, 5.41) is 8.77.